The third kappa shape index (κ3) is 3.34. The van der Waals surface area contributed by atoms with Gasteiger partial charge in [-0.25, -0.2) is 14.6 Å². The van der Waals surface area contributed by atoms with E-state index in [1.165, 1.54) is 10.5 Å². The fourth-order valence-corrected chi connectivity index (χ4v) is 5.47. The van der Waals surface area contributed by atoms with Crippen molar-refractivity contribution in [2.45, 2.75) is 65.8 Å². The van der Waals surface area contributed by atoms with Gasteiger partial charge in [0.25, 0.3) is 0 Å². The number of nitrogens with zero attached hydrogens (tertiary/aromatic N) is 6. The van der Waals surface area contributed by atoms with Crippen LogP contribution in [0.5, 0.6) is 0 Å². The molecule has 0 radical (unpaired) electrons. The van der Waals surface area contributed by atoms with Crippen molar-refractivity contribution < 1.29 is 4.79 Å². The summed E-state index contributed by atoms with van der Waals surface area (Å²) in [4.78, 5) is 25.5. The Morgan fingerprint density at radius 3 is 2.75 bits per heavy atom. The minimum absolute atomic E-state index is 0.00980. The molecule has 1 aliphatic rings. The average Bonchev–Trinajstić information content (AvgIpc) is 3.31. The van der Waals surface area contributed by atoms with E-state index in [-0.39, 0.29) is 11.9 Å². The van der Waals surface area contributed by atoms with Crippen LogP contribution in [0.3, 0.4) is 0 Å². The molecule has 0 spiro atoms. The van der Waals surface area contributed by atoms with Crippen molar-refractivity contribution in [3.63, 3.8) is 0 Å². The van der Waals surface area contributed by atoms with Gasteiger partial charge in [-0.3, -0.25) is 9.20 Å². The minimum Gasteiger partial charge on any atom is -0.342 e. The standard InChI is InChI=1S/C20H28N6OS/c1-12(26-16(5)21-14(3)23-26)9-18(27)24-8-6-7-17(10-24)19-20-25(15(4)22-19)13(2)11-28-20/h11-12,17H,6-10H2,1-5H3. The number of rotatable bonds is 4. The minimum atomic E-state index is 0.00980. The number of piperidine rings is 1. The SMILES string of the molecule is Cc1nc(C)n(C(C)CC(=O)N2CCCC(c3nc(C)n4c(C)csc34)C2)n1. The van der Waals surface area contributed by atoms with Gasteiger partial charge >= 0.3 is 0 Å². The molecule has 0 saturated carbocycles. The topological polar surface area (TPSA) is 68.3 Å². The largest absolute Gasteiger partial charge is 0.342 e. The number of imidazole rings is 1. The summed E-state index contributed by atoms with van der Waals surface area (Å²) >= 11 is 1.75. The van der Waals surface area contributed by atoms with Gasteiger partial charge < -0.3 is 4.90 Å². The second kappa shape index (κ2) is 7.31. The zero-order chi connectivity index (χ0) is 20.0. The molecule has 1 amide bonds. The Hall–Kier alpha value is -2.22. The smallest absolute Gasteiger partial charge is 0.224 e. The van der Waals surface area contributed by atoms with Crippen molar-refractivity contribution in [3.05, 3.63) is 34.2 Å². The van der Waals surface area contributed by atoms with Crippen LogP contribution in [0.25, 0.3) is 4.83 Å². The number of aryl methyl sites for hydroxylation is 4. The molecule has 2 unspecified atom stereocenters. The summed E-state index contributed by atoms with van der Waals surface area (Å²) in [7, 11) is 0. The fraction of sp³-hybridized carbons (Fsp3) is 0.600. The van der Waals surface area contributed by atoms with Crippen molar-refractivity contribution in [2.75, 3.05) is 13.1 Å². The Balaban J connectivity index is 1.48. The maximum Gasteiger partial charge on any atom is 0.224 e. The summed E-state index contributed by atoms with van der Waals surface area (Å²) in [5.41, 5.74) is 2.39. The van der Waals surface area contributed by atoms with Gasteiger partial charge in [0.05, 0.1) is 11.7 Å². The molecule has 0 aliphatic carbocycles. The van der Waals surface area contributed by atoms with Gasteiger partial charge in [0.1, 0.15) is 22.3 Å². The Bertz CT molecular complexity index is 1020. The molecule has 0 aromatic carbocycles. The quantitative estimate of drug-likeness (QED) is 0.671. The van der Waals surface area contributed by atoms with Gasteiger partial charge in [0, 0.05) is 36.5 Å². The van der Waals surface area contributed by atoms with Crippen molar-refractivity contribution >= 4 is 22.1 Å². The van der Waals surface area contributed by atoms with Crippen molar-refractivity contribution in [2.24, 2.45) is 0 Å². The van der Waals surface area contributed by atoms with E-state index >= 15 is 0 Å². The molecule has 28 heavy (non-hydrogen) atoms. The highest BCUT2D eigenvalue weighted by Crippen LogP contribution is 2.33. The molecule has 8 heteroatoms. The van der Waals surface area contributed by atoms with Crippen LogP contribution < -0.4 is 0 Å². The second-order valence-electron chi connectivity index (χ2n) is 7.94. The number of carbonyl (C=O) groups is 1. The summed E-state index contributed by atoms with van der Waals surface area (Å²) in [6.07, 6.45) is 2.56. The van der Waals surface area contributed by atoms with Crippen LogP contribution in [0.4, 0.5) is 0 Å². The van der Waals surface area contributed by atoms with Crippen molar-refractivity contribution in [3.8, 4) is 0 Å². The van der Waals surface area contributed by atoms with Crippen LogP contribution in [-0.4, -0.2) is 48.0 Å². The van der Waals surface area contributed by atoms with Gasteiger partial charge in [0.15, 0.2) is 0 Å². The number of fused-ring (bicyclic) bond motifs is 1. The first-order chi connectivity index (χ1) is 13.3. The van der Waals surface area contributed by atoms with Crippen LogP contribution in [0.1, 0.15) is 67.0 Å². The molecule has 2 atom stereocenters. The van der Waals surface area contributed by atoms with E-state index in [4.69, 9.17) is 4.98 Å². The highest BCUT2D eigenvalue weighted by Gasteiger charge is 2.29. The molecule has 3 aromatic rings. The summed E-state index contributed by atoms with van der Waals surface area (Å²) in [5.74, 6) is 3.15. The average molecular weight is 401 g/mol. The number of amides is 1. The first-order valence-electron chi connectivity index (χ1n) is 9.95. The molecule has 1 fully saturated rings. The fourth-order valence-electron chi connectivity index (χ4n) is 4.37. The molecule has 150 valence electrons. The summed E-state index contributed by atoms with van der Waals surface area (Å²) in [6.45, 7) is 11.6. The van der Waals surface area contributed by atoms with Crippen LogP contribution in [-0.2, 0) is 4.79 Å². The molecule has 4 rings (SSSR count). The molecule has 7 nitrogen and oxygen atoms in total. The maximum atomic E-state index is 13.0. The van der Waals surface area contributed by atoms with Gasteiger partial charge in [-0.2, -0.15) is 5.10 Å². The molecule has 1 saturated heterocycles. The normalized spacial score (nSPS) is 18.8. The monoisotopic (exact) mass is 400 g/mol. The van der Waals surface area contributed by atoms with Crippen LogP contribution in [0.15, 0.2) is 5.38 Å². The molecule has 0 N–H and O–H groups in total. The Morgan fingerprint density at radius 1 is 1.25 bits per heavy atom. The van der Waals surface area contributed by atoms with E-state index in [1.807, 2.05) is 30.4 Å². The molecular weight excluding hydrogens is 372 g/mol. The number of hydrogen-bond donors (Lipinski definition) is 0. The highest BCUT2D eigenvalue weighted by molar-refractivity contribution is 7.15. The van der Waals surface area contributed by atoms with E-state index in [9.17, 15) is 4.79 Å². The lowest BCUT2D eigenvalue weighted by Gasteiger charge is -2.33. The molecule has 4 heterocycles. The van der Waals surface area contributed by atoms with Crippen LogP contribution in [0, 0.1) is 27.7 Å². The Morgan fingerprint density at radius 2 is 2.04 bits per heavy atom. The molecule has 3 aromatic heterocycles. The molecular formula is C20H28N6OS. The number of hydrogen-bond acceptors (Lipinski definition) is 5. The second-order valence-corrected chi connectivity index (χ2v) is 8.80. The summed E-state index contributed by atoms with van der Waals surface area (Å²) in [5, 5.41) is 6.62. The molecule has 1 aliphatic heterocycles. The zero-order valence-corrected chi connectivity index (χ0v) is 18.1. The highest BCUT2D eigenvalue weighted by atomic mass is 32.1. The Labute approximate surface area is 169 Å². The lowest BCUT2D eigenvalue weighted by atomic mass is 9.95. The van der Waals surface area contributed by atoms with Gasteiger partial charge in [-0.1, -0.05) is 0 Å². The van der Waals surface area contributed by atoms with E-state index in [1.54, 1.807) is 11.3 Å². The van der Waals surface area contributed by atoms with E-state index in [2.05, 4.69) is 33.7 Å². The van der Waals surface area contributed by atoms with Crippen molar-refractivity contribution in [1.82, 2.24) is 29.0 Å². The number of carbonyl (C=O) groups excluding carboxylic acids is 1. The lowest BCUT2D eigenvalue weighted by Crippen LogP contribution is -2.40. The lowest BCUT2D eigenvalue weighted by molar-refractivity contribution is -0.133. The first-order valence-corrected chi connectivity index (χ1v) is 10.8. The first kappa shape index (κ1) is 19.1. The zero-order valence-electron chi connectivity index (χ0n) is 17.3. The predicted octanol–water partition coefficient (Wildman–Crippen LogP) is 3.58. The van der Waals surface area contributed by atoms with Crippen LogP contribution >= 0.6 is 11.3 Å². The summed E-state index contributed by atoms with van der Waals surface area (Å²) in [6, 6.07) is 0.00980. The van der Waals surface area contributed by atoms with Gasteiger partial charge in [-0.05, 0) is 47.5 Å². The van der Waals surface area contributed by atoms with Crippen molar-refractivity contribution in [1.29, 1.82) is 0 Å². The third-order valence-electron chi connectivity index (χ3n) is 5.68. The van der Waals surface area contributed by atoms with E-state index in [0.29, 0.717) is 12.3 Å². The molecule has 0 bridgehead atoms. The maximum absolute atomic E-state index is 13.0. The van der Waals surface area contributed by atoms with Gasteiger partial charge in [-0.15, -0.1) is 11.3 Å². The summed E-state index contributed by atoms with van der Waals surface area (Å²) < 4.78 is 4.10. The predicted molar refractivity (Wildman–Crippen MR) is 110 cm³/mol. The third-order valence-corrected chi connectivity index (χ3v) is 6.75. The number of aromatic nitrogens is 5. The Kier molecular flexibility index (Phi) is 4.99. The number of thiazole rings is 1. The van der Waals surface area contributed by atoms with E-state index < -0.39 is 0 Å². The van der Waals surface area contributed by atoms with Gasteiger partial charge in [0.2, 0.25) is 5.91 Å². The van der Waals surface area contributed by atoms with Crippen LogP contribution in [0.2, 0.25) is 0 Å². The number of likely N-dealkylation sites (tertiary alicyclic amines) is 1. The van der Waals surface area contributed by atoms with E-state index in [0.717, 1.165) is 49.1 Å².